The van der Waals surface area contributed by atoms with Crippen molar-refractivity contribution in [2.24, 2.45) is 5.73 Å². The molecule has 3 rings (SSSR count). The van der Waals surface area contributed by atoms with E-state index in [1.807, 2.05) is 24.4 Å². The fraction of sp³-hybridized carbons (Fsp3) is 0.550. The van der Waals surface area contributed by atoms with Crippen molar-refractivity contribution in [3.63, 3.8) is 0 Å². The molecule has 28 heavy (non-hydrogen) atoms. The van der Waals surface area contributed by atoms with Crippen LogP contribution in [0.15, 0.2) is 24.4 Å². The van der Waals surface area contributed by atoms with Crippen molar-refractivity contribution in [2.45, 2.75) is 57.6 Å². The number of carbonyl (C=O) groups is 1. The fourth-order valence-corrected chi connectivity index (χ4v) is 4.32. The number of amides is 1. The van der Waals surface area contributed by atoms with Gasteiger partial charge in [0.1, 0.15) is 11.9 Å². The topological polar surface area (TPSA) is 104 Å². The number of thiazole rings is 1. The lowest BCUT2D eigenvalue weighted by molar-refractivity contribution is -0.135. The summed E-state index contributed by atoms with van der Waals surface area (Å²) in [6, 6.07) is 5.15. The molecular weight excluding hydrogens is 374 g/mol. The second kappa shape index (κ2) is 9.45. The van der Waals surface area contributed by atoms with E-state index < -0.39 is 12.1 Å². The maximum absolute atomic E-state index is 12.3. The van der Waals surface area contributed by atoms with Gasteiger partial charge in [0.05, 0.1) is 6.10 Å². The van der Waals surface area contributed by atoms with E-state index in [1.165, 1.54) is 4.88 Å². The molecule has 2 atom stereocenters. The molecule has 1 aliphatic heterocycles. The van der Waals surface area contributed by atoms with Gasteiger partial charge in [-0.2, -0.15) is 0 Å². The third kappa shape index (κ3) is 5.06. The Morgan fingerprint density at radius 2 is 2.18 bits per heavy atom. The predicted octanol–water partition coefficient (Wildman–Crippen LogP) is 2.65. The van der Waals surface area contributed by atoms with Crippen LogP contribution >= 0.6 is 11.3 Å². The highest BCUT2D eigenvalue weighted by Gasteiger charge is 2.29. The summed E-state index contributed by atoms with van der Waals surface area (Å²) >= 11 is 1.66. The molecule has 3 heterocycles. The highest BCUT2D eigenvalue weighted by Crippen LogP contribution is 2.29. The first-order chi connectivity index (χ1) is 13.5. The zero-order chi connectivity index (χ0) is 20.1. The van der Waals surface area contributed by atoms with Crippen molar-refractivity contribution in [3.8, 4) is 0 Å². The molecule has 0 radical (unpaired) electrons. The Hall–Kier alpha value is -2.03. The standard InChI is InChI=1S/C20H29N5O2S/c1-3-5-15-12-22-20(28-15)24-17-7-4-6-16(23-17)14-8-10-25(11-9-14)19(27)18(21)13(2)26/h4,6-7,12-14,18,26H,3,5,8-11,21H2,1-2H3,(H,22,23,24)/t13?,18-/m0/s1. The van der Waals surface area contributed by atoms with Crippen molar-refractivity contribution in [3.05, 3.63) is 35.0 Å². The maximum Gasteiger partial charge on any atom is 0.242 e. The molecular formula is C20H29N5O2S. The molecule has 1 aliphatic rings. The Balaban J connectivity index is 1.59. The minimum absolute atomic E-state index is 0.177. The monoisotopic (exact) mass is 403 g/mol. The van der Waals surface area contributed by atoms with Crippen molar-refractivity contribution in [2.75, 3.05) is 18.4 Å². The van der Waals surface area contributed by atoms with Gasteiger partial charge in [-0.25, -0.2) is 9.97 Å². The van der Waals surface area contributed by atoms with E-state index in [9.17, 15) is 9.90 Å². The second-order valence-electron chi connectivity index (χ2n) is 7.32. The summed E-state index contributed by atoms with van der Waals surface area (Å²) in [5.74, 6) is 0.925. The lowest BCUT2D eigenvalue weighted by atomic mass is 9.92. The van der Waals surface area contributed by atoms with Crippen LogP contribution in [0.4, 0.5) is 10.9 Å². The van der Waals surface area contributed by atoms with Gasteiger partial charge in [-0.1, -0.05) is 19.4 Å². The Kier molecular flexibility index (Phi) is 6.98. The molecule has 0 aliphatic carbocycles. The first kappa shape index (κ1) is 20.7. The summed E-state index contributed by atoms with van der Waals surface area (Å²) in [4.78, 5) is 24.5. The molecule has 0 saturated carbocycles. The zero-order valence-corrected chi connectivity index (χ0v) is 17.3. The Labute approximate surface area is 170 Å². The van der Waals surface area contributed by atoms with Crippen LogP contribution in [0.5, 0.6) is 0 Å². The number of aliphatic hydroxyl groups is 1. The van der Waals surface area contributed by atoms with Crippen LogP contribution < -0.4 is 11.1 Å². The van der Waals surface area contributed by atoms with Gasteiger partial charge in [0, 0.05) is 35.8 Å². The van der Waals surface area contributed by atoms with Crippen LogP contribution in [-0.2, 0) is 11.2 Å². The van der Waals surface area contributed by atoms with Gasteiger partial charge in [-0.05, 0) is 38.3 Å². The normalized spacial score (nSPS) is 17.4. The average molecular weight is 404 g/mol. The van der Waals surface area contributed by atoms with Gasteiger partial charge in [0.25, 0.3) is 0 Å². The van der Waals surface area contributed by atoms with Crippen molar-refractivity contribution >= 4 is 28.2 Å². The van der Waals surface area contributed by atoms with Crippen molar-refractivity contribution in [1.82, 2.24) is 14.9 Å². The molecule has 2 aromatic heterocycles. The minimum atomic E-state index is -0.849. The molecule has 7 nitrogen and oxygen atoms in total. The molecule has 152 valence electrons. The first-order valence-corrected chi connectivity index (χ1v) is 10.7. The van der Waals surface area contributed by atoms with Gasteiger partial charge in [0.2, 0.25) is 5.91 Å². The summed E-state index contributed by atoms with van der Waals surface area (Å²) in [5.41, 5.74) is 6.81. The fourth-order valence-electron chi connectivity index (χ4n) is 3.40. The van der Waals surface area contributed by atoms with Crippen molar-refractivity contribution < 1.29 is 9.90 Å². The molecule has 8 heteroatoms. The quantitative estimate of drug-likeness (QED) is 0.656. The summed E-state index contributed by atoms with van der Waals surface area (Å²) in [5, 5.41) is 13.7. The maximum atomic E-state index is 12.3. The van der Waals surface area contributed by atoms with Gasteiger partial charge < -0.3 is 21.1 Å². The third-order valence-electron chi connectivity index (χ3n) is 5.09. The predicted molar refractivity (Wildman–Crippen MR) is 112 cm³/mol. The Bertz CT molecular complexity index is 786. The SMILES string of the molecule is CCCc1cnc(Nc2cccc(C3CCN(C(=O)[C@@H](N)C(C)O)CC3)n2)s1. The summed E-state index contributed by atoms with van der Waals surface area (Å²) < 4.78 is 0. The Morgan fingerprint density at radius 1 is 1.43 bits per heavy atom. The summed E-state index contributed by atoms with van der Waals surface area (Å²) in [6.45, 7) is 4.98. The Morgan fingerprint density at radius 3 is 2.86 bits per heavy atom. The number of nitrogens with two attached hydrogens (primary N) is 1. The van der Waals surface area contributed by atoms with Crippen molar-refractivity contribution in [1.29, 1.82) is 0 Å². The average Bonchev–Trinajstić information content (AvgIpc) is 3.14. The summed E-state index contributed by atoms with van der Waals surface area (Å²) in [6.07, 6.45) is 4.92. The number of anilines is 2. The number of aliphatic hydroxyl groups excluding tert-OH is 1. The number of hydrogen-bond donors (Lipinski definition) is 3. The number of pyridine rings is 1. The lowest BCUT2D eigenvalue weighted by Crippen LogP contribution is -2.51. The smallest absolute Gasteiger partial charge is 0.242 e. The molecule has 4 N–H and O–H groups in total. The van der Waals surface area contributed by atoms with E-state index in [1.54, 1.807) is 23.2 Å². The number of aryl methyl sites for hydroxylation is 1. The highest BCUT2D eigenvalue weighted by molar-refractivity contribution is 7.15. The molecule has 1 amide bonds. The number of rotatable bonds is 7. The molecule has 0 bridgehead atoms. The number of piperidine rings is 1. The summed E-state index contributed by atoms with van der Waals surface area (Å²) in [7, 11) is 0. The third-order valence-corrected chi connectivity index (χ3v) is 6.06. The molecule has 1 fully saturated rings. The number of aromatic nitrogens is 2. The van der Waals surface area contributed by atoms with E-state index in [2.05, 4.69) is 17.2 Å². The number of carbonyl (C=O) groups excluding carboxylic acids is 1. The van der Waals surface area contributed by atoms with Crippen LogP contribution in [0, 0.1) is 0 Å². The first-order valence-electron chi connectivity index (χ1n) is 9.89. The van der Waals surface area contributed by atoms with Gasteiger partial charge in [-0.3, -0.25) is 4.79 Å². The zero-order valence-electron chi connectivity index (χ0n) is 16.5. The molecule has 1 unspecified atom stereocenters. The van der Waals surface area contributed by atoms with Crippen LogP contribution in [0.25, 0.3) is 0 Å². The lowest BCUT2D eigenvalue weighted by Gasteiger charge is -2.33. The number of nitrogens with zero attached hydrogens (tertiary/aromatic N) is 3. The number of likely N-dealkylation sites (tertiary alicyclic amines) is 1. The minimum Gasteiger partial charge on any atom is -0.391 e. The van der Waals surface area contributed by atoms with Crippen LogP contribution in [0.3, 0.4) is 0 Å². The molecule has 0 aromatic carbocycles. The number of hydrogen-bond acceptors (Lipinski definition) is 7. The molecule has 2 aromatic rings. The van der Waals surface area contributed by atoms with E-state index in [4.69, 9.17) is 10.7 Å². The van der Waals surface area contributed by atoms with Crippen LogP contribution in [0.2, 0.25) is 0 Å². The van der Waals surface area contributed by atoms with E-state index >= 15 is 0 Å². The van der Waals surface area contributed by atoms with Gasteiger partial charge in [0.15, 0.2) is 5.13 Å². The second-order valence-corrected chi connectivity index (χ2v) is 8.44. The van der Waals surface area contributed by atoms with Crippen LogP contribution in [0.1, 0.15) is 49.6 Å². The highest BCUT2D eigenvalue weighted by atomic mass is 32.1. The van der Waals surface area contributed by atoms with E-state index in [0.29, 0.717) is 19.0 Å². The number of nitrogens with one attached hydrogen (secondary N) is 1. The van der Waals surface area contributed by atoms with E-state index in [0.717, 1.165) is 42.3 Å². The van der Waals surface area contributed by atoms with Gasteiger partial charge in [-0.15, -0.1) is 11.3 Å². The largest absolute Gasteiger partial charge is 0.391 e. The molecule has 1 saturated heterocycles. The van der Waals surface area contributed by atoms with E-state index in [-0.39, 0.29) is 5.91 Å². The molecule has 0 spiro atoms. The van der Waals surface area contributed by atoms with Gasteiger partial charge >= 0.3 is 0 Å². The van der Waals surface area contributed by atoms with Crippen LogP contribution in [-0.4, -0.2) is 51.1 Å².